The van der Waals surface area contributed by atoms with Crippen molar-refractivity contribution < 1.29 is 4.39 Å². The molecule has 0 bridgehead atoms. The monoisotopic (exact) mass is 558 g/mol. The first-order valence-corrected chi connectivity index (χ1v) is 17.1. The van der Waals surface area contributed by atoms with Gasteiger partial charge in [-0.25, -0.2) is 4.39 Å². The van der Waals surface area contributed by atoms with Crippen LogP contribution in [0.25, 0.3) is 0 Å². The molecule has 6 atom stereocenters. The van der Waals surface area contributed by atoms with Gasteiger partial charge in [0.2, 0.25) is 0 Å². The Balaban J connectivity index is 3.01. The van der Waals surface area contributed by atoms with Crippen molar-refractivity contribution in [3.63, 3.8) is 0 Å². The van der Waals surface area contributed by atoms with Gasteiger partial charge in [0.25, 0.3) is 0 Å². The topological polar surface area (TPSA) is 3.24 Å². The fourth-order valence-corrected chi connectivity index (χ4v) is 6.24. The Bertz CT molecular complexity index is 791. The maximum absolute atomic E-state index is 15.0. The van der Waals surface area contributed by atoms with E-state index >= 15 is 0 Å². The molecular weight excluding hydrogens is 489 g/mol. The van der Waals surface area contributed by atoms with Crippen LogP contribution < -0.4 is 0 Å². The molecule has 1 aliphatic rings. The van der Waals surface area contributed by atoms with Gasteiger partial charge >= 0.3 is 0 Å². The summed E-state index contributed by atoms with van der Waals surface area (Å²) in [4.78, 5) is 2.62. The third kappa shape index (κ3) is 16.9. The van der Waals surface area contributed by atoms with Gasteiger partial charge < -0.3 is 4.90 Å². The Morgan fingerprint density at radius 2 is 1.70 bits per heavy atom. The maximum Gasteiger partial charge on any atom is 0.101 e. The van der Waals surface area contributed by atoms with Crippen LogP contribution in [0, 0.1) is 46.8 Å². The van der Waals surface area contributed by atoms with E-state index in [1.165, 1.54) is 43.4 Å². The number of rotatable bonds is 15. The van der Waals surface area contributed by atoms with Crippen LogP contribution in [0.3, 0.4) is 0 Å². The standard InChI is InChI=1S/C38H68FN/c1-11-16-31(5)21-22-32(6)18-14-19-33(7)25-34(24-30(4)13-3)26-35-27-36(39)20-15-23-40(29-35)37(17-12-2)28-38(8,9)10/h17,25,30-33,35-36H,11-13,15-16,18,20-24,26-29H2,1-10H3/b34-25+,37-17-. The SMILES string of the molecule is CC/C=C(/CC(C)(C)C)N1CCCC(F)CC(C/C(=C/C(C)C#CCC(C)CCC(C)CCC)CC(C)CC)C1. The van der Waals surface area contributed by atoms with E-state index in [9.17, 15) is 4.39 Å². The molecule has 6 unspecified atom stereocenters. The minimum atomic E-state index is -0.669. The average Bonchev–Trinajstić information content (AvgIpc) is 2.84. The predicted molar refractivity (Wildman–Crippen MR) is 177 cm³/mol. The highest BCUT2D eigenvalue weighted by molar-refractivity contribution is 5.16. The van der Waals surface area contributed by atoms with Crippen molar-refractivity contribution in [3.05, 3.63) is 23.4 Å². The fourth-order valence-electron chi connectivity index (χ4n) is 6.24. The van der Waals surface area contributed by atoms with E-state index < -0.39 is 6.17 Å². The van der Waals surface area contributed by atoms with Crippen molar-refractivity contribution in [2.24, 2.45) is 35.0 Å². The minimum Gasteiger partial charge on any atom is -0.375 e. The van der Waals surface area contributed by atoms with E-state index in [4.69, 9.17) is 0 Å². The molecule has 0 aliphatic carbocycles. The summed E-state index contributed by atoms with van der Waals surface area (Å²) in [6.07, 6.45) is 18.2. The summed E-state index contributed by atoms with van der Waals surface area (Å²) in [5.74, 6) is 9.87. The first kappa shape index (κ1) is 36.8. The van der Waals surface area contributed by atoms with Gasteiger partial charge in [-0.05, 0) is 87.4 Å². The van der Waals surface area contributed by atoms with Crippen LogP contribution in [0.2, 0.25) is 0 Å². The first-order valence-electron chi connectivity index (χ1n) is 17.1. The minimum absolute atomic E-state index is 0.252. The second-order valence-electron chi connectivity index (χ2n) is 14.8. The predicted octanol–water partition coefficient (Wildman–Crippen LogP) is 11.8. The van der Waals surface area contributed by atoms with Crippen LogP contribution in [0.15, 0.2) is 23.4 Å². The van der Waals surface area contributed by atoms with Crippen LogP contribution in [0.5, 0.6) is 0 Å². The smallest absolute Gasteiger partial charge is 0.101 e. The van der Waals surface area contributed by atoms with E-state index in [0.717, 1.165) is 57.5 Å². The van der Waals surface area contributed by atoms with Crippen molar-refractivity contribution in [2.75, 3.05) is 13.1 Å². The number of hydrogen-bond donors (Lipinski definition) is 0. The molecule has 2 heteroatoms. The van der Waals surface area contributed by atoms with Crippen LogP contribution in [0.1, 0.15) is 153 Å². The van der Waals surface area contributed by atoms with Gasteiger partial charge in [-0.2, -0.15) is 0 Å². The van der Waals surface area contributed by atoms with Crippen LogP contribution in [0.4, 0.5) is 4.39 Å². The summed E-state index contributed by atoms with van der Waals surface area (Å²) in [5.41, 5.74) is 3.23. The van der Waals surface area contributed by atoms with Crippen LogP contribution in [-0.4, -0.2) is 24.2 Å². The van der Waals surface area contributed by atoms with Gasteiger partial charge in [0.15, 0.2) is 0 Å². The number of allylic oxidation sites excluding steroid dienone is 4. The zero-order chi connectivity index (χ0) is 30.1. The maximum atomic E-state index is 15.0. The van der Waals surface area contributed by atoms with Gasteiger partial charge in [-0.3, -0.25) is 0 Å². The summed E-state index contributed by atoms with van der Waals surface area (Å²) in [5, 5.41) is 0. The zero-order valence-electron chi connectivity index (χ0n) is 28.6. The fraction of sp³-hybridized carbons (Fsp3) is 0.842. The molecule has 1 saturated heterocycles. The second-order valence-corrected chi connectivity index (χ2v) is 14.8. The lowest BCUT2D eigenvalue weighted by atomic mass is 9.84. The van der Waals surface area contributed by atoms with Crippen molar-refractivity contribution in [1.82, 2.24) is 4.90 Å². The van der Waals surface area contributed by atoms with E-state index in [-0.39, 0.29) is 11.3 Å². The Morgan fingerprint density at radius 1 is 1.00 bits per heavy atom. The van der Waals surface area contributed by atoms with Gasteiger partial charge in [-0.15, -0.1) is 5.92 Å². The summed E-state index contributed by atoms with van der Waals surface area (Å²) in [7, 11) is 0. The van der Waals surface area contributed by atoms with Crippen molar-refractivity contribution in [1.29, 1.82) is 0 Å². The zero-order valence-corrected chi connectivity index (χ0v) is 28.6. The molecule has 1 heterocycles. The highest BCUT2D eigenvalue weighted by atomic mass is 19.1. The molecule has 232 valence electrons. The lowest BCUT2D eigenvalue weighted by molar-refractivity contribution is 0.164. The lowest BCUT2D eigenvalue weighted by Crippen LogP contribution is -2.35. The normalized spacial score (nSPS) is 22.5. The molecule has 1 nitrogen and oxygen atoms in total. The molecule has 1 aliphatic heterocycles. The third-order valence-corrected chi connectivity index (χ3v) is 8.63. The van der Waals surface area contributed by atoms with Crippen molar-refractivity contribution in [3.8, 4) is 11.8 Å². The molecule has 0 radical (unpaired) electrons. The highest BCUT2D eigenvalue weighted by Crippen LogP contribution is 2.33. The van der Waals surface area contributed by atoms with Crippen LogP contribution >= 0.6 is 0 Å². The molecule has 0 aromatic rings. The van der Waals surface area contributed by atoms with E-state index in [2.05, 4.69) is 98.1 Å². The quantitative estimate of drug-likeness (QED) is 0.143. The molecule has 1 rings (SSSR count). The van der Waals surface area contributed by atoms with E-state index in [1.807, 2.05) is 0 Å². The average molecular weight is 558 g/mol. The molecule has 0 spiro atoms. The molecular formula is C38H68FN. The largest absolute Gasteiger partial charge is 0.375 e. The first-order chi connectivity index (χ1) is 18.9. The Morgan fingerprint density at radius 3 is 2.33 bits per heavy atom. The van der Waals surface area contributed by atoms with E-state index in [0.29, 0.717) is 30.6 Å². The lowest BCUT2D eigenvalue weighted by Gasteiger charge is -2.37. The van der Waals surface area contributed by atoms with Gasteiger partial charge in [-0.1, -0.05) is 112 Å². The van der Waals surface area contributed by atoms with E-state index in [1.54, 1.807) is 0 Å². The Labute approximate surface area is 251 Å². The second kappa shape index (κ2) is 19.8. The molecule has 40 heavy (non-hydrogen) atoms. The molecule has 0 aromatic carbocycles. The third-order valence-electron chi connectivity index (χ3n) is 8.63. The number of halogens is 1. The number of hydrogen-bond acceptors (Lipinski definition) is 1. The molecule has 0 saturated carbocycles. The Hall–Kier alpha value is -1.23. The summed E-state index contributed by atoms with van der Waals surface area (Å²) >= 11 is 0. The van der Waals surface area contributed by atoms with Gasteiger partial charge in [0, 0.05) is 31.1 Å². The van der Waals surface area contributed by atoms with Gasteiger partial charge in [0.05, 0.1) is 0 Å². The number of likely N-dealkylation sites (tertiary alicyclic amines) is 1. The van der Waals surface area contributed by atoms with Crippen molar-refractivity contribution >= 4 is 0 Å². The molecule has 0 N–H and O–H groups in total. The van der Waals surface area contributed by atoms with Gasteiger partial charge in [0.1, 0.15) is 6.17 Å². The Kier molecular flexibility index (Phi) is 18.2. The number of alkyl halides is 1. The van der Waals surface area contributed by atoms with Crippen molar-refractivity contribution in [2.45, 2.75) is 159 Å². The molecule has 1 fully saturated rings. The van der Waals surface area contributed by atoms with Crippen LogP contribution in [-0.2, 0) is 0 Å². The molecule has 0 aromatic heterocycles. The summed E-state index contributed by atoms with van der Waals surface area (Å²) < 4.78 is 15.0. The highest BCUT2D eigenvalue weighted by Gasteiger charge is 2.26. The number of nitrogens with zero attached hydrogens (tertiary/aromatic N) is 1. The summed E-state index contributed by atoms with van der Waals surface area (Å²) in [6.45, 7) is 25.1. The molecule has 0 amide bonds. The summed E-state index contributed by atoms with van der Waals surface area (Å²) in [6, 6.07) is 0.